The van der Waals surface area contributed by atoms with Crippen LogP contribution in [0.3, 0.4) is 0 Å². The molecule has 398 valence electrons. The molecular formula is C80H54BN3S. The molecule has 2 aliphatic rings. The highest BCUT2D eigenvalue weighted by molar-refractivity contribution is 7.33. The normalized spacial score (nSPS) is 13.0. The maximum Gasteiger partial charge on any atom is 0.264 e. The van der Waals surface area contributed by atoms with Crippen LogP contribution < -0.4 is 30.4 Å². The Morgan fingerprint density at radius 2 is 0.812 bits per heavy atom. The van der Waals surface area contributed by atoms with Crippen molar-refractivity contribution in [2.75, 3.05) is 14.7 Å². The molecule has 0 amide bonds. The van der Waals surface area contributed by atoms with E-state index in [1.54, 1.807) is 0 Å². The predicted molar refractivity (Wildman–Crippen MR) is 368 cm³/mol. The summed E-state index contributed by atoms with van der Waals surface area (Å²) in [6.45, 7) is 7.05. The lowest BCUT2D eigenvalue weighted by Gasteiger charge is -2.45. The van der Waals surface area contributed by atoms with Gasteiger partial charge in [0.2, 0.25) is 0 Å². The molecule has 85 heavy (non-hydrogen) atoms. The summed E-state index contributed by atoms with van der Waals surface area (Å²) in [4.78, 5) is 7.77. The Hall–Kier alpha value is -10.2. The van der Waals surface area contributed by atoms with Crippen molar-refractivity contribution >= 4 is 160 Å². The van der Waals surface area contributed by atoms with Crippen molar-refractivity contribution in [3.05, 3.63) is 279 Å². The minimum absolute atomic E-state index is 0.0940. The Labute approximate surface area is 498 Å². The molecule has 0 radical (unpaired) electrons. The van der Waals surface area contributed by atoms with E-state index in [2.05, 4.69) is 308 Å². The Bertz CT molecular complexity index is 5350. The zero-order valence-electron chi connectivity index (χ0n) is 47.3. The molecule has 0 fully saturated rings. The van der Waals surface area contributed by atoms with Gasteiger partial charge in [0.1, 0.15) is 0 Å². The molecule has 0 saturated heterocycles. The molecule has 18 rings (SSSR count). The number of hydrogen-bond acceptors (Lipinski definition) is 4. The third-order valence-corrected chi connectivity index (χ3v) is 19.8. The van der Waals surface area contributed by atoms with Crippen molar-refractivity contribution in [1.82, 2.24) is 0 Å². The highest BCUT2D eigenvalue weighted by atomic mass is 32.1. The van der Waals surface area contributed by atoms with E-state index >= 15 is 0 Å². The van der Waals surface area contributed by atoms with Gasteiger partial charge in [-0.2, -0.15) is 0 Å². The molecule has 5 heteroatoms. The van der Waals surface area contributed by atoms with Crippen LogP contribution in [0.2, 0.25) is 0 Å². The Morgan fingerprint density at radius 3 is 1.39 bits per heavy atom. The van der Waals surface area contributed by atoms with Gasteiger partial charge in [-0.05, 0) is 177 Å². The molecule has 0 spiro atoms. The fraction of sp³-hybridized carbons (Fsp3) is 0.0500. The second-order valence-corrected chi connectivity index (χ2v) is 25.4. The van der Waals surface area contributed by atoms with Crippen LogP contribution in [0, 0.1) is 0 Å². The Kier molecular flexibility index (Phi) is 10.3. The first-order chi connectivity index (χ1) is 41.8. The number of para-hydroxylation sites is 4. The van der Waals surface area contributed by atoms with Crippen molar-refractivity contribution in [2.24, 2.45) is 0 Å². The summed E-state index contributed by atoms with van der Waals surface area (Å²) in [5.41, 5.74) is 18.9. The average Bonchev–Trinajstić information content (AvgIpc) is 2.02. The van der Waals surface area contributed by atoms with Gasteiger partial charge in [-0.15, -0.1) is 11.3 Å². The van der Waals surface area contributed by atoms with E-state index in [1.165, 1.54) is 141 Å². The quantitative estimate of drug-likeness (QED) is 0.116. The number of fused-ring (bicyclic) bond motifs is 6. The summed E-state index contributed by atoms with van der Waals surface area (Å²) in [7, 11) is 0. The van der Waals surface area contributed by atoms with Crippen molar-refractivity contribution in [3.8, 4) is 22.3 Å². The van der Waals surface area contributed by atoms with E-state index in [0.29, 0.717) is 0 Å². The SMILES string of the molecule is CC(C)(C)c1cc2c3c(c1)N(c1ccccc1-c1cc4cccc5ccc6cccc1c6c54)c1c(sc4ccccc14)B3c1ccc(N(c3ccccc3)c3ccccc3)cc1N2c1ccccc1-c1cc2cccc3ccc4cccc1c4c32. The molecule has 0 N–H and O–H groups in total. The molecule has 0 unspecified atom stereocenters. The average molecular weight is 1100 g/mol. The number of rotatable bonds is 7. The number of thiophene rings is 1. The molecule has 3 nitrogen and oxygen atoms in total. The lowest BCUT2D eigenvalue weighted by molar-refractivity contribution is 0.590. The molecule has 2 aliphatic heterocycles. The van der Waals surface area contributed by atoms with Gasteiger partial charge >= 0.3 is 0 Å². The molecule has 15 aromatic carbocycles. The topological polar surface area (TPSA) is 9.72 Å². The lowest BCUT2D eigenvalue weighted by atomic mass is 9.36. The summed E-state index contributed by atoms with van der Waals surface area (Å²) in [6.07, 6.45) is 0. The lowest BCUT2D eigenvalue weighted by Crippen LogP contribution is -2.60. The van der Waals surface area contributed by atoms with Crippen LogP contribution >= 0.6 is 11.3 Å². The minimum atomic E-state index is -0.234. The largest absolute Gasteiger partial charge is 0.311 e. The number of nitrogens with zero attached hydrogens (tertiary/aromatic N) is 3. The number of hydrogen-bond donors (Lipinski definition) is 0. The van der Waals surface area contributed by atoms with Gasteiger partial charge in [-0.1, -0.05) is 215 Å². The molecule has 0 aliphatic carbocycles. The van der Waals surface area contributed by atoms with Crippen LogP contribution in [0.15, 0.2) is 273 Å². The highest BCUT2D eigenvalue weighted by Gasteiger charge is 2.47. The monoisotopic (exact) mass is 1100 g/mol. The maximum absolute atomic E-state index is 2.69. The zero-order chi connectivity index (χ0) is 56.2. The van der Waals surface area contributed by atoms with E-state index in [-0.39, 0.29) is 12.1 Å². The van der Waals surface area contributed by atoms with Gasteiger partial charge in [0.25, 0.3) is 6.71 Å². The van der Waals surface area contributed by atoms with Crippen molar-refractivity contribution in [1.29, 1.82) is 0 Å². The summed E-state index contributed by atoms with van der Waals surface area (Å²) in [6, 6.07) is 103. The number of anilines is 9. The third-order valence-electron chi connectivity index (χ3n) is 18.6. The molecule has 0 saturated carbocycles. The van der Waals surface area contributed by atoms with Crippen LogP contribution in [0.5, 0.6) is 0 Å². The smallest absolute Gasteiger partial charge is 0.264 e. The van der Waals surface area contributed by atoms with Gasteiger partial charge in [0.05, 0.1) is 17.1 Å². The standard InChI is InChI=1S/C80H54BN3S/c1-80(2,3)55-46-70-77-71(47-55)84(68-36-14-11-31-60(68)65-45-54-25-17-21-50-39-41-52-23-19-34-62(65)76(52)74(50)54)78-63-32-12-15-37-72(63)85-79(78)81(77)66-43-42-58(82(56-26-6-4-7-27-56)57-28-8-5-9-29-57)48-69(66)83(70)67-35-13-10-30-59(67)64-44-53-24-16-20-49-38-40-51-22-18-33-61(64)75(51)73(49)53/h4-48H,1-3H3. The minimum Gasteiger partial charge on any atom is -0.311 e. The van der Waals surface area contributed by atoms with E-state index in [4.69, 9.17) is 0 Å². The summed E-state index contributed by atoms with van der Waals surface area (Å²) >= 11 is 1.96. The van der Waals surface area contributed by atoms with Crippen molar-refractivity contribution < 1.29 is 0 Å². The number of benzene rings is 15. The maximum atomic E-state index is 2.69. The summed E-state index contributed by atoms with van der Waals surface area (Å²) < 4.78 is 2.63. The molecular weight excluding hydrogens is 1050 g/mol. The van der Waals surface area contributed by atoms with Gasteiger partial charge in [0, 0.05) is 60.1 Å². The van der Waals surface area contributed by atoms with E-state index in [0.717, 1.165) is 28.4 Å². The van der Waals surface area contributed by atoms with Crippen LogP contribution in [-0.2, 0) is 5.41 Å². The van der Waals surface area contributed by atoms with Crippen LogP contribution in [0.4, 0.5) is 51.2 Å². The molecule has 0 bridgehead atoms. The Morgan fingerprint density at radius 1 is 0.341 bits per heavy atom. The fourth-order valence-electron chi connectivity index (χ4n) is 14.9. The first-order valence-corrected chi connectivity index (χ1v) is 30.5. The van der Waals surface area contributed by atoms with Gasteiger partial charge in [-0.3, -0.25) is 0 Å². The Balaban J connectivity index is 0.962. The van der Waals surface area contributed by atoms with Crippen LogP contribution in [0.1, 0.15) is 26.3 Å². The zero-order valence-corrected chi connectivity index (χ0v) is 48.1. The van der Waals surface area contributed by atoms with E-state index < -0.39 is 0 Å². The molecule has 0 atom stereocenters. The fourth-order valence-corrected chi connectivity index (χ4v) is 16.2. The summed E-state index contributed by atoms with van der Waals surface area (Å²) in [5.74, 6) is 0. The summed E-state index contributed by atoms with van der Waals surface area (Å²) in [5, 5.41) is 16.6. The highest BCUT2D eigenvalue weighted by Crippen LogP contribution is 2.54. The van der Waals surface area contributed by atoms with Gasteiger partial charge < -0.3 is 14.7 Å². The van der Waals surface area contributed by atoms with Crippen LogP contribution in [-0.4, -0.2) is 6.71 Å². The van der Waals surface area contributed by atoms with E-state index in [1.807, 2.05) is 11.3 Å². The second kappa shape index (κ2) is 18.2. The van der Waals surface area contributed by atoms with Crippen molar-refractivity contribution in [3.63, 3.8) is 0 Å². The molecule has 1 aromatic heterocycles. The van der Waals surface area contributed by atoms with E-state index in [9.17, 15) is 0 Å². The second-order valence-electron chi connectivity index (χ2n) is 24.3. The predicted octanol–water partition coefficient (Wildman–Crippen LogP) is 20.9. The third kappa shape index (κ3) is 7.08. The van der Waals surface area contributed by atoms with Gasteiger partial charge in [-0.25, -0.2) is 0 Å². The molecule has 16 aromatic rings. The van der Waals surface area contributed by atoms with Crippen LogP contribution in [0.25, 0.3) is 97.0 Å². The first-order valence-electron chi connectivity index (χ1n) is 29.7. The van der Waals surface area contributed by atoms with Crippen molar-refractivity contribution in [2.45, 2.75) is 26.2 Å². The van der Waals surface area contributed by atoms with Gasteiger partial charge in [0.15, 0.2) is 0 Å². The first kappa shape index (κ1) is 48.3. The molecule has 3 heterocycles.